The molecular weight excluding hydrogens is 335 g/mol. The Bertz CT molecular complexity index is 538. The van der Waals surface area contributed by atoms with Gasteiger partial charge < -0.3 is 25.0 Å². The maximum Gasteiger partial charge on any atom is 0.457 e. The first-order chi connectivity index (χ1) is 11.9. The molecule has 2 rings (SSSR count). The van der Waals surface area contributed by atoms with Crippen molar-refractivity contribution in [3.63, 3.8) is 0 Å². The quantitative estimate of drug-likeness (QED) is 0.550. The third-order valence-corrected chi connectivity index (χ3v) is 6.20. The lowest BCUT2D eigenvalue weighted by atomic mass is 9.77. The molecule has 0 radical (unpaired) electrons. The van der Waals surface area contributed by atoms with Crippen molar-refractivity contribution in [1.29, 1.82) is 0 Å². The third kappa shape index (κ3) is 4.07. The van der Waals surface area contributed by atoms with Gasteiger partial charge in [0.25, 0.3) is 0 Å². The zero-order chi connectivity index (χ0) is 19.8. The van der Waals surface area contributed by atoms with E-state index in [1.807, 2.05) is 27.7 Å². The topological polar surface area (TPSA) is 102 Å². The van der Waals surface area contributed by atoms with Crippen LogP contribution in [0.1, 0.15) is 66.7 Å². The molecule has 0 spiro atoms. The highest BCUT2D eigenvalue weighted by molar-refractivity contribution is 6.45. The van der Waals surface area contributed by atoms with Crippen LogP contribution in [0, 0.1) is 0 Å². The summed E-state index contributed by atoms with van der Waals surface area (Å²) in [6, 6.07) is -0.190. The highest BCUT2D eigenvalue weighted by atomic mass is 16.7. The van der Waals surface area contributed by atoms with Gasteiger partial charge in [0.1, 0.15) is 5.54 Å². The van der Waals surface area contributed by atoms with Crippen LogP contribution in [0.15, 0.2) is 0 Å². The first kappa shape index (κ1) is 21.2. The lowest BCUT2D eigenvalue weighted by molar-refractivity contribution is -0.163. The van der Waals surface area contributed by atoms with Crippen LogP contribution in [0.4, 0.5) is 0 Å². The van der Waals surface area contributed by atoms with Gasteiger partial charge in [-0.2, -0.15) is 0 Å². The fourth-order valence-electron chi connectivity index (χ4n) is 3.97. The standard InChI is InChI=1S/C18H33BN2O5/c1-13(22)21-11-8-14(20)12-18(21,15(23)24)9-6-7-10-19-25-16(2,3)17(4,5)26-19/h14H,6-12,20H2,1-5H3,(H,23,24)/t14-,18-/m0/s1. The molecule has 3 N–H and O–H groups in total. The SMILES string of the molecule is CC(=O)N1CC[C@H](N)C[C@@]1(CCCCB1OC(C)(C)C(C)(C)O1)C(=O)O. The molecule has 2 fully saturated rings. The summed E-state index contributed by atoms with van der Waals surface area (Å²) < 4.78 is 12.0. The summed E-state index contributed by atoms with van der Waals surface area (Å²) in [7, 11) is -0.279. The van der Waals surface area contributed by atoms with E-state index in [9.17, 15) is 14.7 Å². The number of nitrogens with two attached hydrogens (primary N) is 1. The van der Waals surface area contributed by atoms with E-state index in [4.69, 9.17) is 15.0 Å². The van der Waals surface area contributed by atoms with E-state index in [-0.39, 0.29) is 30.3 Å². The van der Waals surface area contributed by atoms with Crippen molar-refractivity contribution >= 4 is 19.0 Å². The monoisotopic (exact) mass is 368 g/mol. The van der Waals surface area contributed by atoms with Crippen molar-refractivity contribution in [2.45, 2.75) is 95.8 Å². The number of carbonyl (C=O) groups excluding carboxylic acids is 1. The molecule has 8 heteroatoms. The molecule has 0 aromatic carbocycles. The number of unbranched alkanes of at least 4 members (excludes halogenated alkanes) is 1. The zero-order valence-electron chi connectivity index (χ0n) is 16.7. The molecule has 0 aromatic rings. The van der Waals surface area contributed by atoms with E-state index in [0.717, 1.165) is 6.42 Å². The maximum absolute atomic E-state index is 12.1. The summed E-state index contributed by atoms with van der Waals surface area (Å²) in [6.45, 7) is 9.89. The number of hydrogen-bond donors (Lipinski definition) is 2. The molecule has 148 valence electrons. The minimum absolute atomic E-state index is 0.190. The normalized spacial score (nSPS) is 30.5. The highest BCUT2D eigenvalue weighted by Gasteiger charge is 2.51. The summed E-state index contributed by atoms with van der Waals surface area (Å²) in [4.78, 5) is 25.5. The number of carbonyl (C=O) groups is 2. The van der Waals surface area contributed by atoms with Crippen LogP contribution in [-0.2, 0) is 18.9 Å². The van der Waals surface area contributed by atoms with Crippen LogP contribution < -0.4 is 5.73 Å². The van der Waals surface area contributed by atoms with Crippen molar-refractivity contribution in [2.75, 3.05) is 6.54 Å². The van der Waals surface area contributed by atoms with Crippen molar-refractivity contribution < 1.29 is 24.0 Å². The van der Waals surface area contributed by atoms with Gasteiger partial charge >= 0.3 is 13.1 Å². The number of aliphatic carboxylic acids is 1. The van der Waals surface area contributed by atoms with Crippen LogP contribution in [0.3, 0.4) is 0 Å². The minimum atomic E-state index is -1.20. The van der Waals surface area contributed by atoms with E-state index >= 15 is 0 Å². The zero-order valence-corrected chi connectivity index (χ0v) is 16.7. The fourth-order valence-corrected chi connectivity index (χ4v) is 3.97. The molecule has 2 heterocycles. The van der Waals surface area contributed by atoms with Crippen LogP contribution in [0.5, 0.6) is 0 Å². The van der Waals surface area contributed by atoms with Gasteiger partial charge in [0.15, 0.2) is 0 Å². The molecule has 2 aliphatic heterocycles. The van der Waals surface area contributed by atoms with Crippen molar-refractivity contribution in [1.82, 2.24) is 4.90 Å². The second kappa shape index (κ2) is 7.48. The van der Waals surface area contributed by atoms with Gasteiger partial charge in [0, 0.05) is 19.5 Å². The largest absolute Gasteiger partial charge is 0.479 e. The Labute approximate surface area is 156 Å². The van der Waals surface area contributed by atoms with Gasteiger partial charge in [0.05, 0.1) is 11.2 Å². The number of piperidine rings is 1. The highest BCUT2D eigenvalue weighted by Crippen LogP contribution is 2.39. The fraction of sp³-hybridized carbons (Fsp3) is 0.889. The Hall–Kier alpha value is -1.12. The molecule has 0 aliphatic carbocycles. The summed E-state index contributed by atoms with van der Waals surface area (Å²) >= 11 is 0. The Morgan fingerprint density at radius 2 is 1.77 bits per heavy atom. The molecule has 0 bridgehead atoms. The first-order valence-corrected chi connectivity index (χ1v) is 9.54. The van der Waals surface area contributed by atoms with E-state index < -0.39 is 11.5 Å². The van der Waals surface area contributed by atoms with Gasteiger partial charge in [-0.05, 0) is 53.3 Å². The average molecular weight is 368 g/mol. The van der Waals surface area contributed by atoms with E-state index in [1.54, 1.807) is 0 Å². The summed E-state index contributed by atoms with van der Waals surface area (Å²) in [5, 5.41) is 9.88. The molecule has 2 atom stereocenters. The number of hydrogen-bond acceptors (Lipinski definition) is 5. The number of carboxylic acid groups (broad SMARTS) is 1. The van der Waals surface area contributed by atoms with Crippen LogP contribution in [-0.4, -0.2) is 58.3 Å². The Morgan fingerprint density at radius 3 is 2.27 bits per heavy atom. The molecule has 2 aliphatic rings. The van der Waals surface area contributed by atoms with Crippen molar-refractivity contribution in [2.24, 2.45) is 5.73 Å². The smallest absolute Gasteiger partial charge is 0.457 e. The summed E-state index contributed by atoms with van der Waals surface area (Å²) in [6.07, 6.45) is 3.49. The van der Waals surface area contributed by atoms with E-state index in [2.05, 4.69) is 0 Å². The number of amides is 1. The second-order valence-corrected chi connectivity index (χ2v) is 8.69. The van der Waals surface area contributed by atoms with Gasteiger partial charge in [-0.25, -0.2) is 4.79 Å². The average Bonchev–Trinajstić information content (AvgIpc) is 2.70. The van der Waals surface area contributed by atoms with Crippen LogP contribution >= 0.6 is 0 Å². The Balaban J connectivity index is 1.95. The van der Waals surface area contributed by atoms with Crippen molar-refractivity contribution in [3.8, 4) is 0 Å². The number of likely N-dealkylation sites (tertiary alicyclic amines) is 1. The lowest BCUT2D eigenvalue weighted by Gasteiger charge is -2.46. The Kier molecular flexibility index (Phi) is 6.10. The van der Waals surface area contributed by atoms with Gasteiger partial charge in [0.2, 0.25) is 5.91 Å². The van der Waals surface area contributed by atoms with Gasteiger partial charge in [-0.3, -0.25) is 4.79 Å². The van der Waals surface area contributed by atoms with Crippen LogP contribution in [0.2, 0.25) is 6.32 Å². The number of nitrogens with zero attached hydrogens (tertiary/aromatic N) is 1. The van der Waals surface area contributed by atoms with Crippen LogP contribution in [0.25, 0.3) is 0 Å². The lowest BCUT2D eigenvalue weighted by Crippen LogP contribution is -2.62. The second-order valence-electron chi connectivity index (χ2n) is 8.69. The summed E-state index contributed by atoms with van der Waals surface area (Å²) in [5.74, 6) is -1.16. The van der Waals surface area contributed by atoms with E-state index in [0.29, 0.717) is 38.5 Å². The minimum Gasteiger partial charge on any atom is -0.479 e. The number of rotatable bonds is 6. The predicted molar refractivity (Wildman–Crippen MR) is 99.7 cm³/mol. The molecule has 1 amide bonds. The number of carboxylic acids is 1. The van der Waals surface area contributed by atoms with Crippen molar-refractivity contribution in [3.05, 3.63) is 0 Å². The first-order valence-electron chi connectivity index (χ1n) is 9.54. The maximum atomic E-state index is 12.1. The predicted octanol–water partition coefficient (Wildman–Crippen LogP) is 2.04. The molecular formula is C18H33BN2O5. The van der Waals surface area contributed by atoms with Gasteiger partial charge in [-0.15, -0.1) is 0 Å². The van der Waals surface area contributed by atoms with Gasteiger partial charge in [-0.1, -0.05) is 12.8 Å². The Morgan fingerprint density at radius 1 is 1.19 bits per heavy atom. The molecule has 0 saturated carbocycles. The van der Waals surface area contributed by atoms with E-state index in [1.165, 1.54) is 11.8 Å². The summed E-state index contributed by atoms with van der Waals surface area (Å²) in [5.41, 5.74) is 4.12. The molecule has 0 unspecified atom stereocenters. The molecule has 26 heavy (non-hydrogen) atoms. The third-order valence-electron chi connectivity index (χ3n) is 6.20. The molecule has 2 saturated heterocycles. The molecule has 0 aromatic heterocycles. The molecule has 7 nitrogen and oxygen atoms in total.